The summed E-state index contributed by atoms with van der Waals surface area (Å²) in [6.07, 6.45) is -0.110. The molecule has 0 bridgehead atoms. The van der Waals surface area contributed by atoms with Gasteiger partial charge >= 0.3 is 5.97 Å². The number of rotatable bonds is 5. The number of carbonyl (C=O) groups excluding carboxylic acids is 2. The maximum atomic E-state index is 11.3. The molecule has 1 amide bonds. The van der Waals surface area contributed by atoms with Crippen molar-refractivity contribution in [2.24, 2.45) is 0 Å². The van der Waals surface area contributed by atoms with Gasteiger partial charge in [-0.2, -0.15) is 5.26 Å². The topological polar surface area (TPSA) is 79.2 Å². The van der Waals surface area contributed by atoms with Gasteiger partial charge in [-0.05, 0) is 24.6 Å². The van der Waals surface area contributed by atoms with E-state index < -0.39 is 5.91 Å². The highest BCUT2D eigenvalue weighted by atomic mass is 35.5. The fourth-order valence-corrected chi connectivity index (χ4v) is 1.67. The smallest absolute Gasteiger partial charge is 0.310 e. The molecule has 0 aliphatic heterocycles. The van der Waals surface area contributed by atoms with E-state index in [0.29, 0.717) is 22.9 Å². The molecule has 0 aliphatic carbocycles. The van der Waals surface area contributed by atoms with Gasteiger partial charge in [0.25, 0.3) is 0 Å². The second-order valence-corrected chi connectivity index (χ2v) is 4.09. The summed E-state index contributed by atoms with van der Waals surface area (Å²) in [4.78, 5) is 22.5. The van der Waals surface area contributed by atoms with Crippen LogP contribution in [0.3, 0.4) is 0 Å². The maximum absolute atomic E-state index is 11.3. The van der Waals surface area contributed by atoms with Crippen molar-refractivity contribution in [1.82, 2.24) is 0 Å². The van der Waals surface area contributed by atoms with Crippen LogP contribution >= 0.6 is 11.6 Å². The van der Waals surface area contributed by atoms with Crippen molar-refractivity contribution in [3.05, 3.63) is 28.8 Å². The molecule has 0 spiro atoms. The zero-order valence-electron chi connectivity index (χ0n) is 10.4. The number of hydrogen-bond acceptors (Lipinski definition) is 4. The molecule has 0 atom stereocenters. The Kier molecular flexibility index (Phi) is 5.83. The van der Waals surface area contributed by atoms with Gasteiger partial charge in [-0.25, -0.2) is 0 Å². The van der Waals surface area contributed by atoms with Gasteiger partial charge in [-0.3, -0.25) is 9.59 Å². The van der Waals surface area contributed by atoms with Crippen LogP contribution in [0.2, 0.25) is 5.02 Å². The zero-order chi connectivity index (χ0) is 14.3. The molecule has 100 valence electrons. The normalized spacial score (nSPS) is 9.53. The Labute approximate surface area is 116 Å². The van der Waals surface area contributed by atoms with Gasteiger partial charge in [0.1, 0.15) is 6.42 Å². The Hall–Kier alpha value is -2.06. The fraction of sp³-hybridized carbons (Fsp3) is 0.308. The van der Waals surface area contributed by atoms with Crippen LogP contribution in [-0.2, 0) is 20.7 Å². The molecule has 1 rings (SSSR count). The summed E-state index contributed by atoms with van der Waals surface area (Å²) in [6, 6.07) is 6.59. The number of benzene rings is 1. The van der Waals surface area contributed by atoms with Gasteiger partial charge in [0.15, 0.2) is 0 Å². The molecular formula is C13H13ClN2O3. The Balaban J connectivity index is 2.72. The molecule has 0 unspecified atom stereocenters. The molecule has 0 fully saturated rings. The van der Waals surface area contributed by atoms with Crippen LogP contribution in [0.4, 0.5) is 5.69 Å². The van der Waals surface area contributed by atoms with E-state index >= 15 is 0 Å². The molecule has 5 nitrogen and oxygen atoms in total. The second kappa shape index (κ2) is 7.39. The van der Waals surface area contributed by atoms with Crippen LogP contribution in [0.1, 0.15) is 18.9 Å². The van der Waals surface area contributed by atoms with Crippen LogP contribution in [0.5, 0.6) is 0 Å². The van der Waals surface area contributed by atoms with Gasteiger partial charge in [0.2, 0.25) is 5.91 Å². The molecule has 19 heavy (non-hydrogen) atoms. The van der Waals surface area contributed by atoms with E-state index in [1.165, 1.54) is 0 Å². The number of nitriles is 1. The molecule has 6 heteroatoms. The van der Waals surface area contributed by atoms with Crippen molar-refractivity contribution in [2.75, 3.05) is 11.9 Å². The maximum Gasteiger partial charge on any atom is 0.310 e. The van der Waals surface area contributed by atoms with Crippen molar-refractivity contribution in [3.8, 4) is 6.07 Å². The van der Waals surface area contributed by atoms with Gasteiger partial charge in [-0.15, -0.1) is 0 Å². The molecule has 0 saturated heterocycles. The molecule has 0 saturated carbocycles. The third kappa shape index (κ3) is 4.98. The van der Waals surface area contributed by atoms with Crippen LogP contribution < -0.4 is 5.32 Å². The summed E-state index contributed by atoms with van der Waals surface area (Å²) >= 11 is 5.98. The summed E-state index contributed by atoms with van der Waals surface area (Å²) < 4.78 is 4.82. The molecule has 1 aromatic rings. The molecule has 0 aliphatic rings. The summed E-state index contributed by atoms with van der Waals surface area (Å²) in [5, 5.41) is 11.2. The SMILES string of the molecule is CCOC(=O)Cc1ccc(NC(=O)CC#N)c(Cl)c1. The van der Waals surface area contributed by atoms with E-state index in [4.69, 9.17) is 21.6 Å². The highest BCUT2D eigenvalue weighted by Gasteiger charge is 2.09. The lowest BCUT2D eigenvalue weighted by Gasteiger charge is -2.07. The highest BCUT2D eigenvalue weighted by Crippen LogP contribution is 2.23. The van der Waals surface area contributed by atoms with Crippen molar-refractivity contribution in [2.45, 2.75) is 19.8 Å². The minimum Gasteiger partial charge on any atom is -0.466 e. The number of ether oxygens (including phenoxy) is 1. The van der Waals surface area contributed by atoms with Gasteiger partial charge < -0.3 is 10.1 Å². The van der Waals surface area contributed by atoms with E-state index in [0.717, 1.165) is 0 Å². The minimum absolute atomic E-state index is 0.125. The summed E-state index contributed by atoms with van der Waals surface area (Å²) in [7, 11) is 0. The number of anilines is 1. The van der Waals surface area contributed by atoms with Gasteiger partial charge in [-0.1, -0.05) is 17.7 Å². The largest absolute Gasteiger partial charge is 0.466 e. The van der Waals surface area contributed by atoms with E-state index in [2.05, 4.69) is 5.32 Å². The molecular weight excluding hydrogens is 268 g/mol. The number of nitrogens with zero attached hydrogens (tertiary/aromatic N) is 1. The van der Waals surface area contributed by atoms with Crippen LogP contribution in [-0.4, -0.2) is 18.5 Å². The minimum atomic E-state index is -0.428. The lowest BCUT2D eigenvalue weighted by Crippen LogP contribution is -2.11. The number of nitrogens with one attached hydrogen (secondary N) is 1. The van der Waals surface area contributed by atoms with Crippen molar-refractivity contribution in [3.63, 3.8) is 0 Å². The lowest BCUT2D eigenvalue weighted by atomic mass is 10.1. The molecule has 1 aromatic carbocycles. The Morgan fingerprint density at radius 2 is 2.21 bits per heavy atom. The van der Waals surface area contributed by atoms with Crippen molar-refractivity contribution < 1.29 is 14.3 Å². The van der Waals surface area contributed by atoms with E-state index in [1.54, 1.807) is 31.2 Å². The van der Waals surface area contributed by atoms with Crippen LogP contribution in [0, 0.1) is 11.3 Å². The summed E-state index contributed by atoms with van der Waals surface area (Å²) in [5.74, 6) is -0.762. The first-order chi connectivity index (χ1) is 9.06. The fourth-order valence-electron chi connectivity index (χ4n) is 1.41. The third-order valence-electron chi connectivity index (χ3n) is 2.20. The predicted octanol–water partition coefficient (Wildman–Crippen LogP) is 2.30. The Morgan fingerprint density at radius 1 is 1.47 bits per heavy atom. The van der Waals surface area contributed by atoms with E-state index in [1.807, 2.05) is 0 Å². The van der Waals surface area contributed by atoms with Gasteiger partial charge in [0.05, 0.1) is 29.8 Å². The third-order valence-corrected chi connectivity index (χ3v) is 2.51. The van der Waals surface area contributed by atoms with Gasteiger partial charge in [0, 0.05) is 0 Å². The number of amides is 1. The Morgan fingerprint density at radius 3 is 2.79 bits per heavy atom. The van der Waals surface area contributed by atoms with Crippen LogP contribution in [0.25, 0.3) is 0 Å². The van der Waals surface area contributed by atoms with Crippen molar-refractivity contribution in [1.29, 1.82) is 5.26 Å². The number of carbonyl (C=O) groups is 2. The monoisotopic (exact) mass is 280 g/mol. The summed E-state index contributed by atoms with van der Waals surface area (Å²) in [5.41, 5.74) is 1.11. The first kappa shape index (κ1) is 15.0. The molecule has 0 heterocycles. The number of esters is 1. The highest BCUT2D eigenvalue weighted by molar-refractivity contribution is 6.33. The average Bonchev–Trinajstić information content (AvgIpc) is 2.33. The summed E-state index contributed by atoms with van der Waals surface area (Å²) in [6.45, 7) is 2.06. The van der Waals surface area contributed by atoms with Crippen LogP contribution in [0.15, 0.2) is 18.2 Å². The molecule has 0 radical (unpaired) electrons. The molecule has 1 N–H and O–H groups in total. The Bertz CT molecular complexity index is 523. The number of hydrogen-bond donors (Lipinski definition) is 1. The quantitative estimate of drug-likeness (QED) is 0.839. The van der Waals surface area contributed by atoms with E-state index in [9.17, 15) is 9.59 Å². The standard InChI is InChI=1S/C13H13ClN2O3/c1-2-19-13(18)8-9-3-4-11(10(14)7-9)16-12(17)5-6-15/h3-4,7H,2,5,8H2,1H3,(H,16,17). The first-order valence-electron chi connectivity index (χ1n) is 5.67. The number of halogens is 1. The lowest BCUT2D eigenvalue weighted by molar-refractivity contribution is -0.142. The predicted molar refractivity (Wildman–Crippen MR) is 70.6 cm³/mol. The average molecular weight is 281 g/mol. The zero-order valence-corrected chi connectivity index (χ0v) is 11.2. The van der Waals surface area contributed by atoms with Crippen molar-refractivity contribution >= 4 is 29.2 Å². The second-order valence-electron chi connectivity index (χ2n) is 3.68. The first-order valence-corrected chi connectivity index (χ1v) is 6.05. The van der Waals surface area contributed by atoms with E-state index in [-0.39, 0.29) is 18.8 Å². The molecule has 0 aromatic heterocycles.